The van der Waals surface area contributed by atoms with Crippen LogP contribution in [-0.2, 0) is 0 Å². The molecule has 0 saturated heterocycles. The molecule has 0 amide bonds. The zero-order valence-corrected chi connectivity index (χ0v) is 9.12. The van der Waals surface area contributed by atoms with E-state index in [2.05, 4.69) is 27.2 Å². The van der Waals surface area contributed by atoms with Crippen LogP contribution < -0.4 is 10.2 Å². The van der Waals surface area contributed by atoms with Crippen LogP contribution in [0.15, 0.2) is 12.4 Å². The smallest absolute Gasteiger partial charge is 0.131 e. The fourth-order valence-corrected chi connectivity index (χ4v) is 1.26. The summed E-state index contributed by atoms with van der Waals surface area (Å²) in [5, 5.41) is 3.13. The molecule has 0 radical (unpaired) electrons. The average molecular weight is 194 g/mol. The number of hydrogen-bond donors (Lipinski definition) is 1. The second-order valence-corrected chi connectivity index (χ2v) is 3.40. The molecule has 1 aromatic rings. The summed E-state index contributed by atoms with van der Waals surface area (Å²) in [7, 11) is 4.02. The van der Waals surface area contributed by atoms with Gasteiger partial charge in [-0.25, -0.2) is 9.97 Å². The maximum Gasteiger partial charge on any atom is 0.131 e. The summed E-state index contributed by atoms with van der Waals surface area (Å²) in [6, 6.07) is 2.00. The first-order valence-corrected chi connectivity index (χ1v) is 4.88. The molecule has 4 nitrogen and oxygen atoms in total. The molecule has 0 unspecified atom stereocenters. The standard InChI is InChI=1S/C10H18N4/c1-9-7-10(13-8-12-9)14(3)6-4-5-11-2/h7-8,11H,4-6H2,1-3H3. The van der Waals surface area contributed by atoms with E-state index < -0.39 is 0 Å². The highest BCUT2D eigenvalue weighted by Crippen LogP contribution is 2.08. The van der Waals surface area contributed by atoms with Gasteiger partial charge in [-0.1, -0.05) is 0 Å². The van der Waals surface area contributed by atoms with Gasteiger partial charge in [-0.15, -0.1) is 0 Å². The first kappa shape index (κ1) is 10.9. The summed E-state index contributed by atoms with van der Waals surface area (Å²) in [4.78, 5) is 10.4. The number of anilines is 1. The van der Waals surface area contributed by atoms with E-state index in [0.717, 1.165) is 31.0 Å². The molecule has 0 aliphatic carbocycles. The summed E-state index contributed by atoms with van der Waals surface area (Å²) in [6.07, 6.45) is 2.73. The van der Waals surface area contributed by atoms with Gasteiger partial charge in [0.25, 0.3) is 0 Å². The molecule has 0 aliphatic heterocycles. The average Bonchev–Trinajstić information content (AvgIpc) is 2.18. The second-order valence-electron chi connectivity index (χ2n) is 3.40. The monoisotopic (exact) mass is 194 g/mol. The van der Waals surface area contributed by atoms with Crippen molar-refractivity contribution in [2.45, 2.75) is 13.3 Å². The Bertz CT molecular complexity index is 275. The van der Waals surface area contributed by atoms with Gasteiger partial charge in [0.2, 0.25) is 0 Å². The Morgan fingerprint density at radius 2 is 2.21 bits per heavy atom. The molecular weight excluding hydrogens is 176 g/mol. The van der Waals surface area contributed by atoms with Gasteiger partial charge < -0.3 is 10.2 Å². The molecule has 78 valence electrons. The Morgan fingerprint density at radius 3 is 2.86 bits per heavy atom. The van der Waals surface area contributed by atoms with Crippen LogP contribution in [0.5, 0.6) is 0 Å². The van der Waals surface area contributed by atoms with Crippen LogP contribution in [0.2, 0.25) is 0 Å². The first-order chi connectivity index (χ1) is 6.74. The molecule has 1 N–H and O–H groups in total. The van der Waals surface area contributed by atoms with Crippen molar-refractivity contribution < 1.29 is 0 Å². The van der Waals surface area contributed by atoms with Gasteiger partial charge in [0.15, 0.2) is 0 Å². The van der Waals surface area contributed by atoms with E-state index in [4.69, 9.17) is 0 Å². The van der Waals surface area contributed by atoms with Crippen molar-refractivity contribution >= 4 is 5.82 Å². The van der Waals surface area contributed by atoms with Gasteiger partial charge in [-0.3, -0.25) is 0 Å². The summed E-state index contributed by atoms with van der Waals surface area (Å²) in [6.45, 7) is 4.03. The minimum absolute atomic E-state index is 0.994. The zero-order valence-electron chi connectivity index (χ0n) is 9.12. The third-order valence-corrected chi connectivity index (χ3v) is 2.10. The number of aryl methyl sites for hydroxylation is 1. The van der Waals surface area contributed by atoms with E-state index in [1.807, 2.05) is 20.0 Å². The van der Waals surface area contributed by atoms with Crippen molar-refractivity contribution in [3.8, 4) is 0 Å². The lowest BCUT2D eigenvalue weighted by atomic mass is 10.3. The van der Waals surface area contributed by atoms with Gasteiger partial charge in [0.1, 0.15) is 12.1 Å². The zero-order chi connectivity index (χ0) is 10.4. The minimum atomic E-state index is 0.994. The SMILES string of the molecule is CNCCCN(C)c1cc(C)ncn1. The molecule has 1 rings (SSSR count). The number of rotatable bonds is 5. The van der Waals surface area contributed by atoms with E-state index in [1.54, 1.807) is 6.33 Å². The van der Waals surface area contributed by atoms with Crippen LogP contribution >= 0.6 is 0 Å². The maximum absolute atomic E-state index is 4.21. The van der Waals surface area contributed by atoms with Crippen molar-refractivity contribution in [1.82, 2.24) is 15.3 Å². The van der Waals surface area contributed by atoms with E-state index in [-0.39, 0.29) is 0 Å². The Morgan fingerprint density at radius 1 is 1.43 bits per heavy atom. The molecule has 0 aromatic carbocycles. The largest absolute Gasteiger partial charge is 0.360 e. The lowest BCUT2D eigenvalue weighted by Crippen LogP contribution is -2.23. The number of nitrogens with one attached hydrogen (secondary N) is 1. The topological polar surface area (TPSA) is 41.0 Å². The van der Waals surface area contributed by atoms with E-state index in [1.165, 1.54) is 0 Å². The van der Waals surface area contributed by atoms with Gasteiger partial charge in [0.05, 0.1) is 0 Å². The molecule has 0 aliphatic rings. The van der Waals surface area contributed by atoms with Gasteiger partial charge >= 0.3 is 0 Å². The summed E-state index contributed by atoms with van der Waals surface area (Å²) < 4.78 is 0. The summed E-state index contributed by atoms with van der Waals surface area (Å²) >= 11 is 0. The molecule has 0 atom stereocenters. The molecule has 0 saturated carbocycles. The molecule has 0 spiro atoms. The first-order valence-electron chi connectivity index (χ1n) is 4.88. The van der Waals surface area contributed by atoms with Crippen molar-refractivity contribution in [3.05, 3.63) is 18.1 Å². The second kappa shape index (κ2) is 5.54. The molecule has 14 heavy (non-hydrogen) atoms. The van der Waals surface area contributed by atoms with Gasteiger partial charge in [-0.05, 0) is 26.9 Å². The highest BCUT2D eigenvalue weighted by atomic mass is 15.2. The molecule has 0 bridgehead atoms. The van der Waals surface area contributed by atoms with E-state index >= 15 is 0 Å². The maximum atomic E-state index is 4.21. The van der Waals surface area contributed by atoms with Crippen molar-refractivity contribution in [3.63, 3.8) is 0 Å². The highest BCUT2D eigenvalue weighted by Gasteiger charge is 2.01. The third-order valence-electron chi connectivity index (χ3n) is 2.10. The fraction of sp³-hybridized carbons (Fsp3) is 0.600. The van der Waals surface area contributed by atoms with E-state index in [9.17, 15) is 0 Å². The normalized spacial score (nSPS) is 10.2. The van der Waals surface area contributed by atoms with Crippen LogP contribution in [0.25, 0.3) is 0 Å². The lowest BCUT2D eigenvalue weighted by Gasteiger charge is -2.17. The molecular formula is C10H18N4. The molecule has 1 aromatic heterocycles. The van der Waals surface area contributed by atoms with Crippen LogP contribution in [-0.4, -0.2) is 37.2 Å². The Labute approximate surface area is 85.4 Å². The highest BCUT2D eigenvalue weighted by molar-refractivity contribution is 5.37. The molecule has 0 fully saturated rings. The fourth-order valence-electron chi connectivity index (χ4n) is 1.26. The quantitative estimate of drug-likeness (QED) is 0.705. The van der Waals surface area contributed by atoms with Crippen molar-refractivity contribution in [1.29, 1.82) is 0 Å². The summed E-state index contributed by atoms with van der Waals surface area (Å²) in [5.41, 5.74) is 1.01. The number of aromatic nitrogens is 2. The van der Waals surface area contributed by atoms with E-state index in [0.29, 0.717) is 0 Å². The van der Waals surface area contributed by atoms with Crippen molar-refractivity contribution in [2.75, 3.05) is 32.1 Å². The molecule has 4 heteroatoms. The minimum Gasteiger partial charge on any atom is -0.360 e. The van der Waals surface area contributed by atoms with Crippen LogP contribution in [0.3, 0.4) is 0 Å². The lowest BCUT2D eigenvalue weighted by molar-refractivity contribution is 0.708. The third kappa shape index (κ3) is 3.30. The number of hydrogen-bond acceptors (Lipinski definition) is 4. The van der Waals surface area contributed by atoms with Crippen LogP contribution in [0.4, 0.5) is 5.82 Å². The predicted octanol–water partition coefficient (Wildman–Crippen LogP) is 0.831. The van der Waals surface area contributed by atoms with Crippen LogP contribution in [0, 0.1) is 6.92 Å². The predicted molar refractivity (Wildman–Crippen MR) is 58.6 cm³/mol. The Hall–Kier alpha value is -1.16. The Kier molecular flexibility index (Phi) is 4.32. The van der Waals surface area contributed by atoms with Gasteiger partial charge in [0, 0.05) is 25.4 Å². The van der Waals surface area contributed by atoms with Crippen LogP contribution in [0.1, 0.15) is 12.1 Å². The van der Waals surface area contributed by atoms with Crippen molar-refractivity contribution in [2.24, 2.45) is 0 Å². The summed E-state index contributed by atoms with van der Waals surface area (Å²) in [5.74, 6) is 0.994. The van der Waals surface area contributed by atoms with Gasteiger partial charge in [-0.2, -0.15) is 0 Å². The molecule has 1 heterocycles. The number of nitrogens with zero attached hydrogens (tertiary/aromatic N) is 3. The Balaban J connectivity index is 2.47.